The molecule has 1 aliphatic heterocycles. The summed E-state index contributed by atoms with van der Waals surface area (Å²) >= 11 is 1.37. The first-order valence-electron chi connectivity index (χ1n) is 9.15. The Labute approximate surface area is 167 Å². The van der Waals surface area contributed by atoms with Crippen LogP contribution in [-0.2, 0) is 0 Å². The van der Waals surface area contributed by atoms with E-state index in [1.54, 1.807) is 7.05 Å². The molecule has 1 aromatic carbocycles. The van der Waals surface area contributed by atoms with E-state index in [9.17, 15) is 4.39 Å². The van der Waals surface area contributed by atoms with E-state index in [4.69, 9.17) is 0 Å². The molecule has 0 spiro atoms. The fourth-order valence-corrected chi connectivity index (χ4v) is 4.05. The molecule has 0 unspecified atom stereocenters. The normalized spacial score (nSPS) is 14.2. The summed E-state index contributed by atoms with van der Waals surface area (Å²) in [5, 5.41) is 10.3. The molecule has 7 nitrogen and oxygen atoms in total. The van der Waals surface area contributed by atoms with Crippen LogP contribution in [0, 0.1) is 12.7 Å². The molecule has 4 rings (SSSR count). The Bertz CT molecular complexity index is 969. The largest absolute Gasteiger partial charge is 0.369 e. The van der Waals surface area contributed by atoms with Crippen molar-refractivity contribution in [3.05, 3.63) is 42.0 Å². The number of thiazole rings is 1. The third-order valence-corrected chi connectivity index (χ3v) is 5.74. The van der Waals surface area contributed by atoms with Crippen molar-refractivity contribution in [2.45, 2.75) is 6.92 Å². The van der Waals surface area contributed by atoms with Crippen molar-refractivity contribution < 1.29 is 4.39 Å². The summed E-state index contributed by atoms with van der Waals surface area (Å²) in [6.45, 7) is 5.74. The summed E-state index contributed by atoms with van der Waals surface area (Å²) < 4.78 is 14.4. The van der Waals surface area contributed by atoms with Gasteiger partial charge in [0.2, 0.25) is 5.95 Å². The Morgan fingerprint density at radius 1 is 1.21 bits per heavy atom. The lowest BCUT2D eigenvalue weighted by Gasteiger charge is -2.29. The lowest BCUT2D eigenvalue weighted by Crippen LogP contribution is -2.43. The molecule has 0 saturated carbocycles. The predicted molar refractivity (Wildman–Crippen MR) is 112 cm³/mol. The van der Waals surface area contributed by atoms with Crippen molar-refractivity contribution in [1.29, 1.82) is 0 Å². The van der Waals surface area contributed by atoms with Gasteiger partial charge in [0.25, 0.3) is 0 Å². The van der Waals surface area contributed by atoms with Crippen molar-refractivity contribution >= 4 is 33.8 Å². The third-order valence-electron chi connectivity index (χ3n) is 4.55. The summed E-state index contributed by atoms with van der Waals surface area (Å²) in [5.74, 6) is -0.109. The number of nitrogens with zero attached hydrogens (tertiary/aromatic N) is 4. The summed E-state index contributed by atoms with van der Waals surface area (Å²) in [7, 11) is 1.79. The number of hydrogen-bond donors (Lipinski definition) is 3. The molecule has 3 N–H and O–H groups in total. The topological polar surface area (TPSA) is 78.0 Å². The molecule has 0 radical (unpaired) electrons. The second-order valence-electron chi connectivity index (χ2n) is 6.49. The van der Waals surface area contributed by atoms with Crippen LogP contribution in [0.5, 0.6) is 0 Å². The highest BCUT2D eigenvalue weighted by molar-refractivity contribution is 7.19. The number of hydrogen-bond acceptors (Lipinski definition) is 8. The minimum Gasteiger partial charge on any atom is -0.369 e. The number of benzene rings is 1. The van der Waals surface area contributed by atoms with Crippen LogP contribution in [0.1, 0.15) is 5.69 Å². The van der Waals surface area contributed by atoms with Crippen molar-refractivity contribution in [3.63, 3.8) is 0 Å². The van der Waals surface area contributed by atoms with E-state index in [0.717, 1.165) is 48.4 Å². The quantitative estimate of drug-likeness (QED) is 0.608. The monoisotopic (exact) mass is 399 g/mol. The van der Waals surface area contributed by atoms with Crippen LogP contribution in [0.4, 0.5) is 26.8 Å². The molecule has 0 atom stereocenters. The SMILES string of the molecule is CNc1nc(C)c(-c2nc(Nc3cccc(N4CCNCC4)c3)ncc2F)s1. The van der Waals surface area contributed by atoms with Gasteiger partial charge in [0.05, 0.1) is 16.8 Å². The fourth-order valence-electron chi connectivity index (χ4n) is 3.14. The van der Waals surface area contributed by atoms with Gasteiger partial charge in [0.1, 0.15) is 5.69 Å². The van der Waals surface area contributed by atoms with Gasteiger partial charge >= 0.3 is 0 Å². The molecule has 28 heavy (non-hydrogen) atoms. The Balaban J connectivity index is 1.59. The van der Waals surface area contributed by atoms with Gasteiger partial charge in [-0.3, -0.25) is 0 Å². The first-order valence-corrected chi connectivity index (χ1v) is 9.96. The molecular formula is C19H22FN7S. The summed E-state index contributed by atoms with van der Waals surface area (Å²) in [4.78, 5) is 15.9. The molecule has 146 valence electrons. The van der Waals surface area contributed by atoms with Crippen LogP contribution in [0.15, 0.2) is 30.5 Å². The molecule has 0 aliphatic carbocycles. The standard InChI is InChI=1S/C19H22FN7S/c1-12-17(28-19(21-2)24-12)16-15(20)11-23-18(26-16)25-13-4-3-5-14(10-13)27-8-6-22-7-9-27/h3-5,10-11,22H,6-9H2,1-2H3,(H,21,24)(H,23,25,26). The molecule has 1 fully saturated rings. The van der Waals surface area contributed by atoms with Crippen LogP contribution in [-0.4, -0.2) is 48.2 Å². The molecule has 3 aromatic rings. The van der Waals surface area contributed by atoms with E-state index >= 15 is 0 Å². The van der Waals surface area contributed by atoms with Crippen LogP contribution in [0.2, 0.25) is 0 Å². The highest BCUT2D eigenvalue weighted by Gasteiger charge is 2.17. The number of anilines is 4. The molecule has 0 bridgehead atoms. The van der Waals surface area contributed by atoms with Gasteiger partial charge in [0.15, 0.2) is 10.9 Å². The lowest BCUT2D eigenvalue weighted by atomic mass is 10.2. The number of halogens is 1. The molecule has 2 aromatic heterocycles. The smallest absolute Gasteiger partial charge is 0.227 e. The maximum absolute atomic E-state index is 14.4. The van der Waals surface area contributed by atoms with E-state index < -0.39 is 5.82 Å². The minimum atomic E-state index is -0.463. The summed E-state index contributed by atoms with van der Waals surface area (Å²) in [6.07, 6.45) is 1.20. The van der Waals surface area contributed by atoms with Crippen LogP contribution in [0.25, 0.3) is 10.6 Å². The molecular weight excluding hydrogens is 377 g/mol. The Hall–Kier alpha value is -2.78. The Morgan fingerprint density at radius 3 is 2.79 bits per heavy atom. The molecule has 0 amide bonds. The van der Waals surface area contributed by atoms with E-state index in [0.29, 0.717) is 10.8 Å². The first-order chi connectivity index (χ1) is 13.6. The average molecular weight is 399 g/mol. The maximum atomic E-state index is 14.4. The second kappa shape index (κ2) is 8.07. The Kier molecular flexibility index (Phi) is 5.36. The van der Waals surface area contributed by atoms with Crippen molar-refractivity contribution in [2.75, 3.05) is 48.8 Å². The molecule has 1 saturated heterocycles. The number of rotatable bonds is 5. The van der Waals surface area contributed by atoms with E-state index in [1.165, 1.54) is 17.5 Å². The fraction of sp³-hybridized carbons (Fsp3) is 0.316. The maximum Gasteiger partial charge on any atom is 0.227 e. The average Bonchev–Trinajstić information content (AvgIpc) is 3.11. The summed E-state index contributed by atoms with van der Waals surface area (Å²) in [6, 6.07) is 8.11. The van der Waals surface area contributed by atoms with Gasteiger partial charge in [-0.15, -0.1) is 0 Å². The number of aromatic nitrogens is 3. The number of piperazine rings is 1. The van der Waals surface area contributed by atoms with E-state index in [2.05, 4.69) is 47.9 Å². The highest BCUT2D eigenvalue weighted by Crippen LogP contribution is 2.33. The number of aryl methyl sites for hydroxylation is 1. The number of nitrogens with one attached hydrogen (secondary N) is 3. The minimum absolute atomic E-state index is 0.257. The van der Waals surface area contributed by atoms with Crippen LogP contribution >= 0.6 is 11.3 Å². The zero-order valence-corrected chi connectivity index (χ0v) is 16.6. The third kappa shape index (κ3) is 3.90. The van der Waals surface area contributed by atoms with E-state index in [1.807, 2.05) is 19.1 Å². The van der Waals surface area contributed by atoms with Gasteiger partial charge < -0.3 is 20.9 Å². The highest BCUT2D eigenvalue weighted by atomic mass is 32.1. The van der Waals surface area contributed by atoms with Crippen molar-refractivity contribution in [2.24, 2.45) is 0 Å². The second-order valence-corrected chi connectivity index (χ2v) is 7.49. The summed E-state index contributed by atoms with van der Waals surface area (Å²) in [5.41, 5.74) is 3.00. The van der Waals surface area contributed by atoms with Gasteiger partial charge in [-0.2, -0.15) is 0 Å². The lowest BCUT2D eigenvalue weighted by molar-refractivity contribution is 0.589. The van der Waals surface area contributed by atoms with Gasteiger partial charge in [-0.25, -0.2) is 19.3 Å². The van der Waals surface area contributed by atoms with E-state index in [-0.39, 0.29) is 5.69 Å². The predicted octanol–water partition coefficient (Wildman–Crippen LogP) is 3.24. The van der Waals surface area contributed by atoms with Gasteiger partial charge in [-0.1, -0.05) is 17.4 Å². The molecule has 3 heterocycles. The van der Waals surface area contributed by atoms with Crippen molar-refractivity contribution in [3.8, 4) is 10.6 Å². The van der Waals surface area contributed by atoms with Gasteiger partial charge in [-0.05, 0) is 25.1 Å². The molecule has 1 aliphatic rings. The van der Waals surface area contributed by atoms with Crippen LogP contribution in [0.3, 0.4) is 0 Å². The Morgan fingerprint density at radius 2 is 2.04 bits per heavy atom. The van der Waals surface area contributed by atoms with Crippen LogP contribution < -0.4 is 20.9 Å². The van der Waals surface area contributed by atoms with Gasteiger partial charge in [0, 0.05) is 44.6 Å². The zero-order chi connectivity index (χ0) is 19.5. The van der Waals surface area contributed by atoms with Crippen molar-refractivity contribution in [1.82, 2.24) is 20.3 Å². The molecule has 9 heteroatoms. The first kappa shape index (κ1) is 18.6. The zero-order valence-electron chi connectivity index (χ0n) is 15.8.